The molecule has 0 fully saturated rings. The zero-order chi connectivity index (χ0) is 17.3. The summed E-state index contributed by atoms with van der Waals surface area (Å²) in [6.45, 7) is 1.91. The number of rotatable bonds is 3. The van der Waals surface area contributed by atoms with Gasteiger partial charge in [0.15, 0.2) is 0 Å². The average Bonchev–Trinajstić information content (AvgIpc) is 2.88. The summed E-state index contributed by atoms with van der Waals surface area (Å²) in [7, 11) is 0. The fourth-order valence-electron chi connectivity index (χ4n) is 2.05. The summed E-state index contributed by atoms with van der Waals surface area (Å²) in [6, 6.07) is 13.3. The lowest BCUT2D eigenvalue weighted by atomic mass is 10.2. The fourth-order valence-corrected chi connectivity index (χ4v) is 2.18. The van der Waals surface area contributed by atoms with Gasteiger partial charge in [0.25, 0.3) is 5.49 Å². The minimum atomic E-state index is -0.702. The molecule has 8 nitrogen and oxygen atoms in total. The van der Waals surface area contributed by atoms with Crippen LogP contribution in [0, 0.1) is 17.0 Å². The topological polar surface area (TPSA) is 98.5 Å². The number of aromatic nitrogens is 3. The maximum absolute atomic E-state index is 11.2. The molecule has 0 atom stereocenters. The average molecular weight is 346 g/mol. The molecule has 122 valence electrons. The summed E-state index contributed by atoms with van der Waals surface area (Å²) in [5, 5.41) is 25.8. The Morgan fingerprint density at radius 1 is 1.17 bits per heavy atom. The lowest BCUT2D eigenvalue weighted by Crippen LogP contribution is -2.21. The van der Waals surface area contributed by atoms with E-state index in [1.54, 1.807) is 36.4 Å². The van der Waals surface area contributed by atoms with E-state index in [1.807, 2.05) is 19.1 Å². The Morgan fingerprint density at radius 2 is 1.79 bits per heavy atom. The van der Waals surface area contributed by atoms with Gasteiger partial charge in [-0.25, -0.2) is 4.99 Å². The molecular weight excluding hydrogens is 334 g/mol. The number of hydrogen-bond donors (Lipinski definition) is 1. The summed E-state index contributed by atoms with van der Waals surface area (Å²) >= 11 is 5.82. The van der Waals surface area contributed by atoms with Gasteiger partial charge in [0, 0.05) is 5.02 Å². The molecule has 0 aliphatic carbocycles. The van der Waals surface area contributed by atoms with Gasteiger partial charge in [-0.05, 0) is 53.0 Å². The Bertz CT molecular complexity index is 958. The lowest BCUT2D eigenvalue weighted by molar-refractivity contribution is -0.391. The molecule has 0 amide bonds. The number of nitrogens with zero attached hydrogens (tertiary/aromatic N) is 5. The van der Waals surface area contributed by atoms with Gasteiger partial charge in [-0.1, -0.05) is 34.1 Å². The smallest absolute Gasteiger partial charge is 0.409 e. The van der Waals surface area contributed by atoms with Crippen molar-refractivity contribution >= 4 is 23.1 Å². The van der Waals surface area contributed by atoms with Crippen LogP contribution < -0.4 is 5.49 Å². The first-order valence-electron chi connectivity index (χ1n) is 6.89. The van der Waals surface area contributed by atoms with E-state index in [1.165, 1.54) is 0 Å². The van der Waals surface area contributed by atoms with Crippen LogP contribution in [0.4, 0.5) is 11.5 Å². The van der Waals surface area contributed by atoms with Crippen molar-refractivity contribution in [3.8, 4) is 5.69 Å². The molecule has 0 aliphatic rings. The second-order valence-corrected chi connectivity index (χ2v) is 5.44. The van der Waals surface area contributed by atoms with Gasteiger partial charge in [0.1, 0.15) is 5.69 Å². The van der Waals surface area contributed by atoms with Crippen LogP contribution in [0.15, 0.2) is 53.5 Å². The Morgan fingerprint density at radius 3 is 2.38 bits per heavy atom. The maximum atomic E-state index is 11.2. The highest BCUT2D eigenvalue weighted by atomic mass is 35.5. The van der Waals surface area contributed by atoms with Crippen LogP contribution >= 0.6 is 11.6 Å². The highest BCUT2D eigenvalue weighted by Gasteiger charge is 2.24. The molecule has 0 saturated heterocycles. The number of nitro groups is 1. The Labute approximate surface area is 141 Å². The van der Waals surface area contributed by atoms with Gasteiger partial charge in [-0.2, -0.15) is 0 Å². The van der Waals surface area contributed by atoms with Crippen molar-refractivity contribution in [3.05, 3.63) is 74.7 Å². The van der Waals surface area contributed by atoms with Crippen molar-refractivity contribution in [3.63, 3.8) is 0 Å². The van der Waals surface area contributed by atoms with Crippen LogP contribution in [0.5, 0.6) is 0 Å². The van der Waals surface area contributed by atoms with Crippen molar-refractivity contribution in [2.45, 2.75) is 6.92 Å². The quantitative estimate of drug-likeness (QED) is 0.448. The van der Waals surface area contributed by atoms with Crippen molar-refractivity contribution in [2.24, 2.45) is 4.99 Å². The molecule has 0 unspecified atom stereocenters. The monoisotopic (exact) mass is 345 g/mol. The summed E-state index contributed by atoms with van der Waals surface area (Å²) in [6.07, 6.45) is 0. The van der Waals surface area contributed by atoms with Crippen LogP contribution in [0.1, 0.15) is 5.56 Å². The fraction of sp³-hybridized carbons (Fsp3) is 0.0667. The Hall–Kier alpha value is -3.13. The molecule has 1 aromatic heterocycles. The van der Waals surface area contributed by atoms with E-state index < -0.39 is 10.7 Å². The van der Waals surface area contributed by atoms with E-state index in [4.69, 9.17) is 11.6 Å². The molecule has 0 radical (unpaired) electrons. The standard InChI is InChI=1S/C15H12ClN5O3/c1-10-2-6-12(7-3-10)17-14-15(21(23)24)18-19(20(14)22)13-8-4-11(16)5-9-13/h2-9,22H,1H3. The first kappa shape index (κ1) is 15.8. The van der Waals surface area contributed by atoms with Crippen molar-refractivity contribution in [1.82, 2.24) is 14.7 Å². The molecule has 0 aliphatic heterocycles. The van der Waals surface area contributed by atoms with Crippen LogP contribution in [-0.4, -0.2) is 24.9 Å². The predicted molar refractivity (Wildman–Crippen MR) is 86.8 cm³/mol. The minimum Gasteiger partial charge on any atom is -0.409 e. The third-order valence-electron chi connectivity index (χ3n) is 3.26. The molecular formula is C15H12ClN5O3. The molecule has 2 aromatic carbocycles. The maximum Gasteiger partial charge on any atom is 0.438 e. The summed E-state index contributed by atoms with van der Waals surface area (Å²) < 4.78 is 0. The summed E-state index contributed by atoms with van der Waals surface area (Å²) in [4.78, 5) is 16.2. The first-order valence-corrected chi connectivity index (χ1v) is 7.27. The zero-order valence-electron chi connectivity index (χ0n) is 12.5. The largest absolute Gasteiger partial charge is 0.438 e. The normalized spacial score (nSPS) is 11.7. The number of halogens is 1. The summed E-state index contributed by atoms with van der Waals surface area (Å²) in [5.41, 5.74) is 1.61. The van der Waals surface area contributed by atoms with Gasteiger partial charge in [0.2, 0.25) is 0 Å². The molecule has 0 bridgehead atoms. The first-order chi connectivity index (χ1) is 11.5. The van der Waals surface area contributed by atoms with E-state index in [9.17, 15) is 15.3 Å². The molecule has 3 aromatic rings. The number of aryl methyl sites for hydroxylation is 1. The highest BCUT2D eigenvalue weighted by molar-refractivity contribution is 6.30. The molecule has 0 saturated carbocycles. The SMILES string of the molecule is Cc1ccc(N=c2c([N+](=O)[O-])nn(-c3ccc(Cl)cc3)n2O)cc1. The van der Waals surface area contributed by atoms with Crippen molar-refractivity contribution in [2.75, 3.05) is 0 Å². The lowest BCUT2D eigenvalue weighted by Gasteiger charge is -1.99. The van der Waals surface area contributed by atoms with E-state index in [-0.39, 0.29) is 5.49 Å². The zero-order valence-corrected chi connectivity index (χ0v) is 13.3. The van der Waals surface area contributed by atoms with Crippen LogP contribution in [-0.2, 0) is 0 Å². The van der Waals surface area contributed by atoms with Gasteiger partial charge >= 0.3 is 5.82 Å². The Balaban J connectivity index is 2.20. The molecule has 0 spiro atoms. The van der Waals surface area contributed by atoms with Gasteiger partial charge < -0.3 is 15.3 Å². The van der Waals surface area contributed by atoms with E-state index in [0.717, 1.165) is 10.4 Å². The molecule has 1 heterocycles. The number of hydrogen-bond acceptors (Lipinski definition) is 5. The van der Waals surface area contributed by atoms with Crippen LogP contribution in [0.2, 0.25) is 5.02 Å². The third kappa shape index (κ3) is 2.99. The second kappa shape index (κ2) is 6.17. The molecule has 9 heteroatoms. The van der Waals surface area contributed by atoms with E-state index >= 15 is 0 Å². The van der Waals surface area contributed by atoms with Gasteiger partial charge in [-0.3, -0.25) is 0 Å². The number of benzene rings is 2. The van der Waals surface area contributed by atoms with Crippen LogP contribution in [0.25, 0.3) is 5.69 Å². The van der Waals surface area contributed by atoms with Crippen molar-refractivity contribution in [1.29, 1.82) is 0 Å². The molecule has 24 heavy (non-hydrogen) atoms. The van der Waals surface area contributed by atoms with E-state index in [0.29, 0.717) is 21.2 Å². The van der Waals surface area contributed by atoms with E-state index in [2.05, 4.69) is 10.1 Å². The predicted octanol–water partition coefficient (Wildman–Crippen LogP) is 3.01. The summed E-state index contributed by atoms with van der Waals surface area (Å²) in [5.74, 6) is -0.562. The van der Waals surface area contributed by atoms with Gasteiger partial charge in [-0.15, -0.1) is 0 Å². The third-order valence-corrected chi connectivity index (χ3v) is 3.51. The molecule has 3 rings (SSSR count). The highest BCUT2D eigenvalue weighted by Crippen LogP contribution is 2.15. The minimum absolute atomic E-state index is 0.279. The second-order valence-electron chi connectivity index (χ2n) is 5.01. The molecule has 1 N–H and O–H groups in total. The van der Waals surface area contributed by atoms with Crippen molar-refractivity contribution < 1.29 is 10.1 Å². The Kier molecular flexibility index (Phi) is 4.05. The van der Waals surface area contributed by atoms with Gasteiger partial charge in [0.05, 0.1) is 10.8 Å². The van der Waals surface area contributed by atoms with Crippen LogP contribution in [0.3, 0.4) is 0 Å².